The van der Waals surface area contributed by atoms with Crippen LogP contribution < -0.4 is 0 Å². The number of hydrogen-bond acceptors (Lipinski definition) is 3. The van der Waals surface area contributed by atoms with E-state index in [0.29, 0.717) is 19.4 Å². The van der Waals surface area contributed by atoms with Gasteiger partial charge >= 0.3 is 5.97 Å². The Labute approximate surface area is 133 Å². The molecule has 0 amide bonds. The number of ketones is 1. The summed E-state index contributed by atoms with van der Waals surface area (Å²) < 4.78 is 5.14. The first-order valence-corrected chi connectivity index (χ1v) is 8.07. The van der Waals surface area contributed by atoms with Crippen molar-refractivity contribution in [2.75, 3.05) is 6.61 Å². The number of esters is 1. The number of carbonyl (C=O) groups excluding carboxylic acids is 2. The van der Waals surface area contributed by atoms with Crippen LogP contribution in [-0.4, -0.2) is 18.4 Å². The molecular weight excluding hydrogens is 276 g/mol. The van der Waals surface area contributed by atoms with E-state index in [4.69, 9.17) is 4.74 Å². The van der Waals surface area contributed by atoms with Gasteiger partial charge in [-0.05, 0) is 31.4 Å². The molecule has 0 spiro atoms. The van der Waals surface area contributed by atoms with Crippen LogP contribution in [0.2, 0.25) is 0 Å². The van der Waals surface area contributed by atoms with Gasteiger partial charge in [-0.3, -0.25) is 9.59 Å². The highest BCUT2D eigenvalue weighted by Gasteiger charge is 2.31. The number of allylic oxidation sites excluding steroid dienone is 1. The van der Waals surface area contributed by atoms with Crippen LogP contribution in [0, 0.1) is 11.8 Å². The van der Waals surface area contributed by atoms with Gasteiger partial charge in [0.05, 0.1) is 12.5 Å². The summed E-state index contributed by atoms with van der Waals surface area (Å²) in [5, 5.41) is 0. The normalized spacial score (nSPS) is 13.8. The van der Waals surface area contributed by atoms with Gasteiger partial charge in [0, 0.05) is 5.92 Å². The largest absolute Gasteiger partial charge is 0.466 e. The minimum atomic E-state index is -0.345. The lowest BCUT2D eigenvalue weighted by atomic mass is 9.83. The van der Waals surface area contributed by atoms with Crippen molar-refractivity contribution in [2.24, 2.45) is 11.8 Å². The van der Waals surface area contributed by atoms with Crippen molar-refractivity contribution in [3.63, 3.8) is 0 Å². The van der Waals surface area contributed by atoms with Crippen LogP contribution >= 0.6 is 0 Å². The highest BCUT2D eigenvalue weighted by molar-refractivity contribution is 5.97. The van der Waals surface area contributed by atoms with Crippen molar-refractivity contribution >= 4 is 17.8 Å². The van der Waals surface area contributed by atoms with Gasteiger partial charge in [0.2, 0.25) is 0 Å². The summed E-state index contributed by atoms with van der Waals surface area (Å²) in [7, 11) is 0. The van der Waals surface area contributed by atoms with Crippen molar-refractivity contribution in [1.82, 2.24) is 0 Å². The Hall–Kier alpha value is -1.90. The summed E-state index contributed by atoms with van der Waals surface area (Å²) in [5.74, 6) is -0.905. The Morgan fingerprint density at radius 2 is 1.77 bits per heavy atom. The molecule has 120 valence electrons. The van der Waals surface area contributed by atoms with Gasteiger partial charge in [0.15, 0.2) is 5.78 Å². The molecule has 0 saturated heterocycles. The maximum atomic E-state index is 12.5. The summed E-state index contributed by atoms with van der Waals surface area (Å²) in [6.07, 6.45) is 5.57. The van der Waals surface area contributed by atoms with Crippen LogP contribution in [0.15, 0.2) is 36.4 Å². The highest BCUT2D eigenvalue weighted by Crippen LogP contribution is 2.24. The highest BCUT2D eigenvalue weighted by atomic mass is 16.5. The van der Waals surface area contributed by atoms with Crippen LogP contribution in [0.1, 0.15) is 45.6 Å². The van der Waals surface area contributed by atoms with E-state index in [0.717, 1.165) is 12.0 Å². The molecule has 0 saturated carbocycles. The third-order valence-electron chi connectivity index (χ3n) is 3.72. The molecule has 0 fully saturated rings. The molecule has 0 aliphatic heterocycles. The van der Waals surface area contributed by atoms with Crippen molar-refractivity contribution in [3.05, 3.63) is 42.0 Å². The lowest BCUT2D eigenvalue weighted by molar-refractivity contribution is -0.152. The van der Waals surface area contributed by atoms with E-state index in [1.54, 1.807) is 19.1 Å². The van der Waals surface area contributed by atoms with Crippen molar-refractivity contribution < 1.29 is 14.3 Å². The molecule has 3 heteroatoms. The fourth-order valence-corrected chi connectivity index (χ4v) is 2.59. The van der Waals surface area contributed by atoms with Gasteiger partial charge < -0.3 is 4.74 Å². The molecule has 0 aliphatic carbocycles. The lowest BCUT2D eigenvalue weighted by Gasteiger charge is -2.22. The third kappa shape index (κ3) is 5.47. The Bertz CT molecular complexity index is 491. The van der Waals surface area contributed by atoms with Crippen molar-refractivity contribution in [2.45, 2.75) is 40.0 Å². The zero-order chi connectivity index (χ0) is 16.4. The van der Waals surface area contributed by atoms with Gasteiger partial charge in [0.1, 0.15) is 0 Å². The Balaban J connectivity index is 2.84. The van der Waals surface area contributed by atoms with E-state index >= 15 is 0 Å². The van der Waals surface area contributed by atoms with Crippen LogP contribution in [0.25, 0.3) is 6.08 Å². The van der Waals surface area contributed by atoms with E-state index in [1.165, 1.54) is 0 Å². The maximum Gasteiger partial charge on any atom is 0.309 e. The predicted octanol–water partition coefficient (Wildman–Crippen LogP) is 4.27. The second-order valence-corrected chi connectivity index (χ2v) is 5.31. The van der Waals surface area contributed by atoms with Gasteiger partial charge in [0.25, 0.3) is 0 Å². The van der Waals surface area contributed by atoms with E-state index < -0.39 is 0 Å². The molecule has 2 atom stereocenters. The number of carbonyl (C=O) groups is 2. The zero-order valence-electron chi connectivity index (χ0n) is 13.7. The minimum Gasteiger partial charge on any atom is -0.466 e. The molecule has 0 aromatic heterocycles. The molecule has 1 aromatic carbocycles. The van der Waals surface area contributed by atoms with Crippen molar-refractivity contribution in [3.8, 4) is 0 Å². The van der Waals surface area contributed by atoms with E-state index in [2.05, 4.69) is 0 Å². The predicted molar refractivity (Wildman–Crippen MR) is 89.3 cm³/mol. The number of ether oxygens (including phenoxy) is 1. The molecule has 3 nitrogen and oxygen atoms in total. The van der Waals surface area contributed by atoms with E-state index in [-0.39, 0.29) is 23.6 Å². The topological polar surface area (TPSA) is 43.4 Å². The molecule has 0 radical (unpaired) electrons. The fourth-order valence-electron chi connectivity index (χ4n) is 2.59. The quantitative estimate of drug-likeness (QED) is 0.505. The average molecular weight is 302 g/mol. The molecule has 22 heavy (non-hydrogen) atoms. The monoisotopic (exact) mass is 302 g/mol. The van der Waals surface area contributed by atoms with Crippen LogP contribution in [0.3, 0.4) is 0 Å². The van der Waals surface area contributed by atoms with Crippen molar-refractivity contribution in [1.29, 1.82) is 0 Å². The first-order chi connectivity index (χ1) is 10.6. The smallest absolute Gasteiger partial charge is 0.309 e. The third-order valence-corrected chi connectivity index (χ3v) is 3.72. The lowest BCUT2D eigenvalue weighted by Crippen LogP contribution is -2.30. The summed E-state index contributed by atoms with van der Waals surface area (Å²) in [4.78, 5) is 24.6. The standard InChI is InChI=1S/C19H26O3/c1-4-10-17(19(21)22-6-3)16(5-2)18(20)14-13-15-11-8-7-9-12-15/h7-9,11-14,16-17H,4-6,10H2,1-3H3. The van der Waals surface area contributed by atoms with E-state index in [9.17, 15) is 9.59 Å². The summed E-state index contributed by atoms with van der Waals surface area (Å²) in [6, 6.07) is 9.69. The second kappa shape index (κ2) is 9.93. The molecule has 0 heterocycles. The molecular formula is C19H26O3. The SMILES string of the molecule is CCCC(C(=O)OCC)C(CC)C(=O)C=Cc1ccccc1. The average Bonchev–Trinajstić information content (AvgIpc) is 2.54. The van der Waals surface area contributed by atoms with Crippen LogP contribution in [-0.2, 0) is 14.3 Å². The van der Waals surface area contributed by atoms with Gasteiger partial charge in [-0.1, -0.05) is 56.7 Å². The molecule has 2 unspecified atom stereocenters. The first-order valence-electron chi connectivity index (χ1n) is 8.07. The summed E-state index contributed by atoms with van der Waals surface area (Å²) in [5.41, 5.74) is 0.980. The molecule has 0 bridgehead atoms. The van der Waals surface area contributed by atoms with E-state index in [1.807, 2.05) is 44.2 Å². The minimum absolute atomic E-state index is 0.00199. The Kier molecular flexibility index (Phi) is 8.19. The second-order valence-electron chi connectivity index (χ2n) is 5.31. The van der Waals surface area contributed by atoms with Crippen LogP contribution in [0.4, 0.5) is 0 Å². The molecule has 1 aromatic rings. The molecule has 0 aliphatic rings. The maximum absolute atomic E-state index is 12.5. The number of benzene rings is 1. The number of rotatable bonds is 9. The van der Waals surface area contributed by atoms with Gasteiger partial charge in [-0.2, -0.15) is 0 Å². The summed E-state index contributed by atoms with van der Waals surface area (Å²) >= 11 is 0. The number of hydrogen-bond donors (Lipinski definition) is 0. The fraction of sp³-hybridized carbons (Fsp3) is 0.474. The Morgan fingerprint density at radius 3 is 2.32 bits per heavy atom. The first kappa shape index (κ1) is 18.1. The summed E-state index contributed by atoms with van der Waals surface area (Å²) in [6.45, 7) is 6.10. The Morgan fingerprint density at radius 1 is 1.09 bits per heavy atom. The molecule has 0 N–H and O–H groups in total. The molecule has 1 rings (SSSR count). The van der Waals surface area contributed by atoms with Crippen LogP contribution in [0.5, 0.6) is 0 Å². The zero-order valence-corrected chi connectivity index (χ0v) is 13.7. The van der Waals surface area contributed by atoms with Gasteiger partial charge in [-0.25, -0.2) is 0 Å². The van der Waals surface area contributed by atoms with Gasteiger partial charge in [-0.15, -0.1) is 0 Å².